The van der Waals surface area contributed by atoms with E-state index in [1.807, 2.05) is 0 Å². The summed E-state index contributed by atoms with van der Waals surface area (Å²) in [5.41, 5.74) is 0.574. The lowest BCUT2D eigenvalue weighted by atomic mass is 10.0. The van der Waals surface area contributed by atoms with Crippen LogP contribution in [0.1, 0.15) is 26.2 Å². The third-order valence-electron chi connectivity index (χ3n) is 4.48. The molecule has 0 unspecified atom stereocenters. The first-order chi connectivity index (χ1) is 13.6. The molecule has 0 saturated carbocycles. The largest absolute Gasteiger partial charge is 0.454 e. The number of piperidine rings is 1. The number of rotatable bonds is 4. The Morgan fingerprint density at radius 1 is 1.14 bits per heavy atom. The molecule has 1 aliphatic rings. The lowest BCUT2D eigenvalue weighted by Gasteiger charge is -2.33. The number of carbonyl (C=O) groups excluding carboxylic acids is 2. The van der Waals surface area contributed by atoms with Crippen molar-refractivity contribution in [3.05, 3.63) is 54.3 Å². The number of anilines is 1. The van der Waals surface area contributed by atoms with Crippen molar-refractivity contribution in [1.29, 1.82) is 0 Å². The Morgan fingerprint density at radius 3 is 2.61 bits per heavy atom. The van der Waals surface area contributed by atoms with Gasteiger partial charge in [0.1, 0.15) is 11.8 Å². The Bertz CT molecular complexity index is 915. The number of hydrogen-bond acceptors (Lipinski definition) is 3. The zero-order valence-electron chi connectivity index (χ0n) is 15.6. The first-order valence-corrected chi connectivity index (χ1v) is 9.15. The highest BCUT2D eigenvalue weighted by atomic mass is 19.1. The van der Waals surface area contributed by atoms with Gasteiger partial charge in [-0.3, -0.25) is 9.59 Å². The fourth-order valence-corrected chi connectivity index (χ4v) is 3.11. The Balaban J connectivity index is 1.65. The van der Waals surface area contributed by atoms with E-state index >= 15 is 0 Å². The number of likely N-dealkylation sites (tertiary alicyclic amines) is 1. The summed E-state index contributed by atoms with van der Waals surface area (Å²) in [5, 5.41) is 2.83. The van der Waals surface area contributed by atoms with Crippen LogP contribution in [0.25, 0.3) is 0 Å². The number of halogens is 1. The highest BCUT2D eigenvalue weighted by molar-refractivity contribution is 6.01. The van der Waals surface area contributed by atoms with Gasteiger partial charge in [0.25, 0.3) is 5.91 Å². The second-order valence-corrected chi connectivity index (χ2v) is 6.43. The number of amides is 2. The fourth-order valence-electron chi connectivity index (χ4n) is 3.11. The molecule has 0 spiro atoms. The summed E-state index contributed by atoms with van der Waals surface area (Å²) in [6.07, 6.45) is 2.36. The first kappa shape index (κ1) is 19.4. The predicted molar refractivity (Wildman–Crippen MR) is 104 cm³/mol. The van der Waals surface area contributed by atoms with Gasteiger partial charge in [0.05, 0.1) is 0 Å². The molecule has 1 atom stereocenters. The lowest BCUT2D eigenvalue weighted by molar-refractivity contribution is -0.135. The van der Waals surface area contributed by atoms with E-state index in [-0.39, 0.29) is 17.6 Å². The number of nitrogens with one attached hydrogen (secondary N) is 1. The predicted octanol–water partition coefficient (Wildman–Crippen LogP) is 3.96. The van der Waals surface area contributed by atoms with Crippen LogP contribution in [0.5, 0.6) is 11.5 Å². The average molecular weight is 380 g/mol. The summed E-state index contributed by atoms with van der Waals surface area (Å²) in [5.74, 6) is 4.67. The van der Waals surface area contributed by atoms with Crippen LogP contribution in [0.15, 0.2) is 48.5 Å². The van der Waals surface area contributed by atoms with Crippen molar-refractivity contribution in [1.82, 2.24) is 4.90 Å². The van der Waals surface area contributed by atoms with Crippen molar-refractivity contribution in [3.63, 3.8) is 0 Å². The van der Waals surface area contributed by atoms with Gasteiger partial charge in [0.15, 0.2) is 11.6 Å². The van der Waals surface area contributed by atoms with Crippen LogP contribution in [0.2, 0.25) is 0 Å². The Morgan fingerprint density at radius 2 is 1.89 bits per heavy atom. The molecule has 0 aromatic heterocycles. The lowest BCUT2D eigenvalue weighted by Crippen LogP contribution is -2.49. The van der Waals surface area contributed by atoms with Crippen molar-refractivity contribution >= 4 is 17.5 Å². The Labute approximate surface area is 163 Å². The number of para-hydroxylation sites is 1. The molecule has 1 aliphatic heterocycles. The minimum absolute atomic E-state index is 0.132. The standard InChI is InChI=1S/C22H21FN2O3/c1-2-7-21(26)25-15-6-5-9-19(25)22(27)24-16-11-13-17(14-12-16)28-20-10-4-3-8-18(20)23/h3-4,8,10-14,19H,5-6,9,15H2,1H3,(H,24,27)/t19-/m1/s1. The highest BCUT2D eigenvalue weighted by Crippen LogP contribution is 2.26. The molecule has 5 nitrogen and oxygen atoms in total. The van der Waals surface area contributed by atoms with Crippen LogP contribution in [0, 0.1) is 17.7 Å². The second-order valence-electron chi connectivity index (χ2n) is 6.43. The van der Waals surface area contributed by atoms with E-state index in [1.165, 1.54) is 11.0 Å². The first-order valence-electron chi connectivity index (χ1n) is 9.15. The van der Waals surface area contributed by atoms with Crippen LogP contribution in [0.4, 0.5) is 10.1 Å². The van der Waals surface area contributed by atoms with Crippen LogP contribution in [-0.4, -0.2) is 29.3 Å². The van der Waals surface area contributed by atoms with Gasteiger partial charge in [-0.25, -0.2) is 4.39 Å². The minimum Gasteiger partial charge on any atom is -0.454 e. The topological polar surface area (TPSA) is 58.6 Å². The van der Waals surface area contributed by atoms with E-state index in [0.29, 0.717) is 24.4 Å². The van der Waals surface area contributed by atoms with Gasteiger partial charge in [0, 0.05) is 12.2 Å². The van der Waals surface area contributed by atoms with Crippen molar-refractivity contribution in [2.75, 3.05) is 11.9 Å². The molecule has 0 aliphatic carbocycles. The molecule has 1 saturated heterocycles. The molecule has 28 heavy (non-hydrogen) atoms. The summed E-state index contributed by atoms with van der Waals surface area (Å²) in [7, 11) is 0. The van der Waals surface area contributed by atoms with Crippen molar-refractivity contribution in [2.45, 2.75) is 32.2 Å². The van der Waals surface area contributed by atoms with E-state index in [9.17, 15) is 14.0 Å². The maximum Gasteiger partial charge on any atom is 0.299 e. The molecule has 0 radical (unpaired) electrons. The van der Waals surface area contributed by atoms with Crippen LogP contribution in [-0.2, 0) is 9.59 Å². The van der Waals surface area contributed by atoms with Gasteiger partial charge in [-0.05, 0) is 68.5 Å². The van der Waals surface area contributed by atoms with Gasteiger partial charge in [-0.15, -0.1) is 0 Å². The van der Waals surface area contributed by atoms with E-state index in [2.05, 4.69) is 17.2 Å². The number of hydrogen-bond donors (Lipinski definition) is 1. The quantitative estimate of drug-likeness (QED) is 0.817. The fraction of sp³-hybridized carbons (Fsp3) is 0.273. The molecule has 1 N–H and O–H groups in total. The number of nitrogens with zero attached hydrogens (tertiary/aromatic N) is 1. The molecule has 6 heteroatoms. The third kappa shape index (κ3) is 4.68. The van der Waals surface area contributed by atoms with E-state index in [4.69, 9.17) is 4.74 Å². The van der Waals surface area contributed by atoms with Crippen LogP contribution < -0.4 is 10.1 Å². The molecule has 1 heterocycles. The van der Waals surface area contributed by atoms with Gasteiger partial charge in [-0.2, -0.15) is 0 Å². The summed E-state index contributed by atoms with van der Waals surface area (Å²) in [6, 6.07) is 12.3. The van der Waals surface area contributed by atoms with Gasteiger partial charge < -0.3 is 15.0 Å². The van der Waals surface area contributed by atoms with E-state index in [1.54, 1.807) is 49.4 Å². The van der Waals surface area contributed by atoms with Crippen LogP contribution in [0.3, 0.4) is 0 Å². The number of benzene rings is 2. The molecular formula is C22H21FN2O3. The monoisotopic (exact) mass is 380 g/mol. The molecule has 144 valence electrons. The maximum atomic E-state index is 13.7. The van der Waals surface area contributed by atoms with Crippen molar-refractivity contribution < 1.29 is 18.7 Å². The van der Waals surface area contributed by atoms with E-state index < -0.39 is 11.9 Å². The Hall–Kier alpha value is -3.33. The summed E-state index contributed by atoms with van der Waals surface area (Å²) in [6.45, 7) is 2.13. The number of ether oxygens (including phenoxy) is 1. The molecule has 2 amide bonds. The normalized spacial score (nSPS) is 15.9. The molecule has 2 aromatic carbocycles. The van der Waals surface area contributed by atoms with E-state index in [0.717, 1.165) is 12.8 Å². The summed E-state index contributed by atoms with van der Waals surface area (Å²) < 4.78 is 19.2. The zero-order chi connectivity index (χ0) is 19.9. The molecule has 0 bridgehead atoms. The molecule has 1 fully saturated rings. The smallest absolute Gasteiger partial charge is 0.299 e. The van der Waals surface area contributed by atoms with Gasteiger partial charge in [0.2, 0.25) is 5.91 Å². The Kier molecular flexibility index (Phi) is 6.28. The molecule has 2 aromatic rings. The molecular weight excluding hydrogens is 359 g/mol. The summed E-state index contributed by atoms with van der Waals surface area (Å²) in [4.78, 5) is 26.3. The van der Waals surface area contributed by atoms with Crippen LogP contribution >= 0.6 is 0 Å². The van der Waals surface area contributed by atoms with Crippen molar-refractivity contribution in [2.24, 2.45) is 0 Å². The zero-order valence-corrected chi connectivity index (χ0v) is 15.6. The SMILES string of the molecule is CC#CC(=O)N1CCCC[C@@H]1C(=O)Nc1ccc(Oc2ccccc2F)cc1. The summed E-state index contributed by atoms with van der Waals surface area (Å²) >= 11 is 0. The van der Waals surface area contributed by atoms with Gasteiger partial charge in [-0.1, -0.05) is 18.1 Å². The second kappa shape index (κ2) is 9.05. The van der Waals surface area contributed by atoms with Gasteiger partial charge >= 0.3 is 0 Å². The average Bonchev–Trinajstić information content (AvgIpc) is 2.71. The molecule has 3 rings (SSSR count). The third-order valence-corrected chi connectivity index (χ3v) is 4.48. The maximum absolute atomic E-state index is 13.7. The number of carbonyl (C=O) groups is 2. The van der Waals surface area contributed by atoms with Crippen molar-refractivity contribution in [3.8, 4) is 23.3 Å². The minimum atomic E-state index is -0.531. The highest BCUT2D eigenvalue weighted by Gasteiger charge is 2.31.